The van der Waals surface area contributed by atoms with Gasteiger partial charge in [0.05, 0.1) is 12.3 Å². The van der Waals surface area contributed by atoms with Gasteiger partial charge in [-0.1, -0.05) is 13.8 Å². The Kier molecular flexibility index (Phi) is 12.4. The van der Waals surface area contributed by atoms with Crippen LogP contribution in [0, 0.1) is 11.3 Å². The number of rotatable bonds is 9. The molecule has 0 radical (unpaired) electrons. The molecule has 0 aromatic rings. The van der Waals surface area contributed by atoms with Crippen molar-refractivity contribution in [3.8, 4) is 0 Å². The number of hydrogen-bond acceptors (Lipinski definition) is 4. The minimum atomic E-state index is -4.12. The molecule has 29 heavy (non-hydrogen) atoms. The van der Waals surface area contributed by atoms with Gasteiger partial charge in [-0.3, -0.25) is 9.89 Å². The average molecular weight is 556 g/mol. The number of halogens is 4. The first-order valence-corrected chi connectivity index (χ1v) is 11.8. The predicted molar refractivity (Wildman–Crippen MR) is 123 cm³/mol. The van der Waals surface area contributed by atoms with E-state index in [1.54, 1.807) is 7.05 Å². The van der Waals surface area contributed by atoms with Crippen LogP contribution in [0.15, 0.2) is 4.99 Å². The van der Waals surface area contributed by atoms with E-state index in [0.29, 0.717) is 44.5 Å². The monoisotopic (exact) mass is 556 g/mol. The highest BCUT2D eigenvalue weighted by atomic mass is 127. The summed E-state index contributed by atoms with van der Waals surface area (Å²) in [5, 5.41) is 6.47. The maximum Gasteiger partial charge on any atom is 0.401 e. The summed E-state index contributed by atoms with van der Waals surface area (Å²) in [5.74, 6) is 1.23. The number of piperidine rings is 1. The van der Waals surface area contributed by atoms with E-state index in [9.17, 15) is 21.6 Å². The van der Waals surface area contributed by atoms with Crippen LogP contribution < -0.4 is 10.6 Å². The Morgan fingerprint density at radius 1 is 1.17 bits per heavy atom. The summed E-state index contributed by atoms with van der Waals surface area (Å²) in [6.07, 6.45) is 0.126. The van der Waals surface area contributed by atoms with Gasteiger partial charge in [0.2, 0.25) is 0 Å². The molecule has 1 fully saturated rings. The normalized spacial score (nSPS) is 17.7. The second-order valence-electron chi connectivity index (χ2n) is 8.52. The molecule has 1 aliphatic heterocycles. The van der Waals surface area contributed by atoms with Crippen molar-refractivity contribution in [2.24, 2.45) is 16.3 Å². The molecule has 1 rings (SSSR count). The number of alkyl halides is 3. The van der Waals surface area contributed by atoms with Crippen molar-refractivity contribution in [2.45, 2.75) is 45.7 Å². The molecule has 1 aliphatic rings. The van der Waals surface area contributed by atoms with Gasteiger partial charge in [0, 0.05) is 26.4 Å². The van der Waals surface area contributed by atoms with Crippen molar-refractivity contribution in [3.05, 3.63) is 0 Å². The smallest absolute Gasteiger partial charge is 0.356 e. The van der Waals surface area contributed by atoms with E-state index in [-0.39, 0.29) is 35.1 Å². The van der Waals surface area contributed by atoms with Crippen LogP contribution >= 0.6 is 24.0 Å². The molecule has 0 aromatic carbocycles. The fraction of sp³-hybridized carbons (Fsp3) is 0.944. The molecule has 0 bridgehead atoms. The van der Waals surface area contributed by atoms with Gasteiger partial charge in [-0.25, -0.2) is 8.42 Å². The molecule has 2 N–H and O–H groups in total. The Labute approximate surface area is 190 Å². The van der Waals surface area contributed by atoms with Gasteiger partial charge in [-0.15, -0.1) is 24.0 Å². The van der Waals surface area contributed by atoms with E-state index in [1.807, 2.05) is 13.8 Å². The summed E-state index contributed by atoms with van der Waals surface area (Å²) in [4.78, 5) is 5.65. The van der Waals surface area contributed by atoms with Crippen LogP contribution in [0.5, 0.6) is 0 Å². The highest BCUT2D eigenvalue weighted by molar-refractivity contribution is 14.0. The number of nitrogens with one attached hydrogen (secondary N) is 2. The van der Waals surface area contributed by atoms with Crippen LogP contribution in [-0.4, -0.2) is 77.2 Å². The fourth-order valence-electron chi connectivity index (χ4n) is 3.18. The molecule has 11 heteroatoms. The van der Waals surface area contributed by atoms with E-state index in [0.717, 1.165) is 19.3 Å². The van der Waals surface area contributed by atoms with Crippen molar-refractivity contribution < 1.29 is 21.6 Å². The van der Waals surface area contributed by atoms with Crippen LogP contribution in [0.1, 0.15) is 39.5 Å². The molecule has 0 amide bonds. The molecule has 0 aliphatic carbocycles. The first kappa shape index (κ1) is 28.7. The molecule has 6 nitrogen and oxygen atoms in total. The van der Waals surface area contributed by atoms with E-state index in [2.05, 4.69) is 15.6 Å². The molecule has 0 saturated carbocycles. The van der Waals surface area contributed by atoms with E-state index < -0.39 is 22.6 Å². The largest absolute Gasteiger partial charge is 0.401 e. The van der Waals surface area contributed by atoms with Crippen molar-refractivity contribution in [1.82, 2.24) is 15.5 Å². The Bertz CT molecular complexity index is 605. The molecular weight excluding hydrogens is 520 g/mol. The van der Waals surface area contributed by atoms with Gasteiger partial charge in [0.15, 0.2) is 5.96 Å². The lowest BCUT2D eigenvalue weighted by atomic mass is 9.90. The Hall–Kier alpha value is -0.300. The number of sulfone groups is 1. The van der Waals surface area contributed by atoms with E-state index >= 15 is 0 Å². The zero-order valence-electron chi connectivity index (χ0n) is 17.8. The third-order valence-electron chi connectivity index (χ3n) is 5.06. The summed E-state index contributed by atoms with van der Waals surface area (Å²) in [5.41, 5.74) is -0.188. The second kappa shape index (κ2) is 12.5. The Morgan fingerprint density at radius 3 is 2.24 bits per heavy atom. The molecular formula is C18H36F3IN4O2S. The standard InChI is InChI=1S/C18H35F3N4O2S.HI/c1-17(2,8-12-28(4,26)27)13-24-16(22-3)23-9-5-15-6-10-25(11-7-15)14-18(19,20)21;/h15H,5-14H2,1-4H3,(H2,22,23,24);1H. The summed E-state index contributed by atoms with van der Waals surface area (Å²) >= 11 is 0. The molecule has 0 unspecified atom stereocenters. The number of likely N-dealkylation sites (tertiary alicyclic amines) is 1. The van der Waals surface area contributed by atoms with Gasteiger partial charge in [0.1, 0.15) is 9.84 Å². The first-order valence-electron chi connectivity index (χ1n) is 9.71. The maximum absolute atomic E-state index is 12.4. The molecule has 174 valence electrons. The van der Waals surface area contributed by atoms with Crippen LogP contribution in [-0.2, 0) is 9.84 Å². The third kappa shape index (κ3) is 14.4. The van der Waals surface area contributed by atoms with Gasteiger partial charge in [-0.2, -0.15) is 13.2 Å². The van der Waals surface area contributed by atoms with Gasteiger partial charge < -0.3 is 10.6 Å². The Morgan fingerprint density at radius 2 is 1.76 bits per heavy atom. The van der Waals surface area contributed by atoms with Crippen LogP contribution in [0.2, 0.25) is 0 Å². The van der Waals surface area contributed by atoms with Crippen LogP contribution in [0.3, 0.4) is 0 Å². The molecule has 1 saturated heterocycles. The highest BCUT2D eigenvalue weighted by Gasteiger charge is 2.32. The predicted octanol–water partition coefficient (Wildman–Crippen LogP) is 2.89. The van der Waals surface area contributed by atoms with Gasteiger partial charge >= 0.3 is 6.18 Å². The zero-order chi connectivity index (χ0) is 21.4. The molecule has 0 atom stereocenters. The lowest BCUT2D eigenvalue weighted by Gasteiger charge is -2.32. The maximum atomic E-state index is 12.4. The molecule has 1 heterocycles. The van der Waals surface area contributed by atoms with Crippen molar-refractivity contribution in [3.63, 3.8) is 0 Å². The highest BCUT2D eigenvalue weighted by Crippen LogP contribution is 2.24. The lowest BCUT2D eigenvalue weighted by molar-refractivity contribution is -0.148. The quantitative estimate of drug-likeness (QED) is 0.260. The summed E-state index contributed by atoms with van der Waals surface area (Å²) in [7, 11) is -1.31. The number of nitrogens with zero attached hydrogens (tertiary/aromatic N) is 2. The lowest BCUT2D eigenvalue weighted by Crippen LogP contribution is -2.43. The van der Waals surface area contributed by atoms with Gasteiger partial charge in [-0.05, 0) is 50.1 Å². The van der Waals surface area contributed by atoms with Crippen molar-refractivity contribution in [2.75, 3.05) is 51.8 Å². The zero-order valence-corrected chi connectivity index (χ0v) is 21.0. The summed E-state index contributed by atoms with van der Waals surface area (Å²) in [6.45, 7) is 5.48. The van der Waals surface area contributed by atoms with E-state index in [1.165, 1.54) is 11.2 Å². The molecule has 0 aromatic heterocycles. The van der Waals surface area contributed by atoms with Crippen molar-refractivity contribution >= 4 is 39.8 Å². The first-order chi connectivity index (χ1) is 12.8. The average Bonchev–Trinajstić information content (AvgIpc) is 2.56. The number of aliphatic imine (C=N–C) groups is 1. The van der Waals surface area contributed by atoms with Crippen LogP contribution in [0.25, 0.3) is 0 Å². The summed E-state index contributed by atoms with van der Waals surface area (Å²) in [6, 6.07) is 0. The topological polar surface area (TPSA) is 73.8 Å². The fourth-order valence-corrected chi connectivity index (χ4v) is 4.10. The SMILES string of the molecule is CN=C(NCCC1CCN(CC(F)(F)F)CC1)NCC(C)(C)CCS(C)(=O)=O.I. The van der Waals surface area contributed by atoms with E-state index in [4.69, 9.17) is 0 Å². The second-order valence-corrected chi connectivity index (χ2v) is 10.8. The summed E-state index contributed by atoms with van der Waals surface area (Å²) < 4.78 is 60.0. The Balaban J connectivity index is 0.00000784. The van der Waals surface area contributed by atoms with Gasteiger partial charge in [0.25, 0.3) is 0 Å². The minimum absolute atomic E-state index is 0. The van der Waals surface area contributed by atoms with Crippen LogP contribution in [0.4, 0.5) is 13.2 Å². The van der Waals surface area contributed by atoms with Crippen molar-refractivity contribution in [1.29, 1.82) is 0 Å². The number of hydrogen-bond donors (Lipinski definition) is 2. The third-order valence-corrected chi connectivity index (χ3v) is 6.01. The number of guanidine groups is 1. The minimum Gasteiger partial charge on any atom is -0.356 e. The molecule has 0 spiro atoms.